The van der Waals surface area contributed by atoms with Gasteiger partial charge in [0.1, 0.15) is 0 Å². The van der Waals surface area contributed by atoms with Gasteiger partial charge in [-0.15, -0.1) is 24.0 Å². The molecule has 0 fully saturated rings. The van der Waals surface area contributed by atoms with Gasteiger partial charge in [-0.3, -0.25) is 4.99 Å². The van der Waals surface area contributed by atoms with Gasteiger partial charge in [-0.1, -0.05) is 23.7 Å². The highest BCUT2D eigenvalue weighted by atomic mass is 127. The van der Waals surface area contributed by atoms with E-state index in [0.717, 1.165) is 49.9 Å². The van der Waals surface area contributed by atoms with E-state index in [4.69, 9.17) is 21.1 Å². The van der Waals surface area contributed by atoms with Crippen molar-refractivity contribution in [3.63, 3.8) is 0 Å². The highest BCUT2D eigenvalue weighted by molar-refractivity contribution is 14.0. The van der Waals surface area contributed by atoms with Crippen LogP contribution in [0.3, 0.4) is 0 Å². The summed E-state index contributed by atoms with van der Waals surface area (Å²) in [4.78, 5) is 4.21. The lowest BCUT2D eigenvalue weighted by molar-refractivity contribution is 0.0698. The summed E-state index contributed by atoms with van der Waals surface area (Å²) in [5.74, 6) is 0.831. The summed E-state index contributed by atoms with van der Waals surface area (Å²) in [6.45, 7) is 3.73. The minimum Gasteiger partial charge on any atom is -0.382 e. The summed E-state index contributed by atoms with van der Waals surface area (Å²) in [6.07, 6.45) is 3.01. The fourth-order valence-corrected chi connectivity index (χ4v) is 2.12. The minimum absolute atomic E-state index is 0. The zero-order valence-corrected chi connectivity index (χ0v) is 17.6. The molecule has 1 aromatic carbocycles. The van der Waals surface area contributed by atoms with Gasteiger partial charge < -0.3 is 20.1 Å². The van der Waals surface area contributed by atoms with E-state index in [2.05, 4.69) is 27.8 Å². The van der Waals surface area contributed by atoms with Crippen LogP contribution in [0.2, 0.25) is 5.02 Å². The number of benzene rings is 1. The molecule has 24 heavy (non-hydrogen) atoms. The molecule has 0 saturated carbocycles. The van der Waals surface area contributed by atoms with E-state index >= 15 is 0 Å². The summed E-state index contributed by atoms with van der Waals surface area (Å²) in [5.41, 5.74) is 1.30. The Morgan fingerprint density at radius 2 is 1.71 bits per heavy atom. The molecular weight excluding hydrogens is 441 g/mol. The summed E-state index contributed by atoms with van der Waals surface area (Å²) < 4.78 is 10.3. The fourth-order valence-electron chi connectivity index (χ4n) is 2.00. The zero-order chi connectivity index (χ0) is 16.8. The molecule has 5 nitrogen and oxygen atoms in total. The largest absolute Gasteiger partial charge is 0.382 e. The SMILES string of the molecule is CN=C(NCCCOCCOC)NCCCc1ccc(Cl)cc1.I. The van der Waals surface area contributed by atoms with Crippen LogP contribution in [0.25, 0.3) is 0 Å². The van der Waals surface area contributed by atoms with Crippen LogP contribution in [0.5, 0.6) is 0 Å². The average molecular weight is 470 g/mol. The van der Waals surface area contributed by atoms with E-state index in [1.807, 2.05) is 12.1 Å². The molecule has 1 aromatic rings. The first kappa shape index (κ1) is 23.4. The minimum atomic E-state index is 0. The molecule has 0 aliphatic heterocycles. The van der Waals surface area contributed by atoms with E-state index in [1.165, 1.54) is 5.56 Å². The van der Waals surface area contributed by atoms with Crippen LogP contribution in [-0.4, -0.2) is 53.0 Å². The van der Waals surface area contributed by atoms with Crippen LogP contribution in [0.4, 0.5) is 0 Å². The molecule has 138 valence electrons. The number of ether oxygens (including phenoxy) is 2. The van der Waals surface area contributed by atoms with Gasteiger partial charge >= 0.3 is 0 Å². The van der Waals surface area contributed by atoms with Gasteiger partial charge in [0.15, 0.2) is 5.96 Å². The van der Waals surface area contributed by atoms with Crippen molar-refractivity contribution in [1.29, 1.82) is 0 Å². The normalized spacial score (nSPS) is 11.0. The first-order valence-corrected chi connectivity index (χ1v) is 8.39. The van der Waals surface area contributed by atoms with Gasteiger partial charge in [0.25, 0.3) is 0 Å². The molecule has 0 heterocycles. The number of rotatable bonds is 11. The summed E-state index contributed by atoms with van der Waals surface area (Å²) in [5, 5.41) is 7.37. The van der Waals surface area contributed by atoms with Crippen molar-refractivity contribution in [2.75, 3.05) is 47.1 Å². The summed E-state index contributed by atoms with van der Waals surface area (Å²) in [6, 6.07) is 8.00. The molecule has 0 radical (unpaired) electrons. The highest BCUT2D eigenvalue weighted by Gasteiger charge is 1.98. The Hall–Kier alpha value is -0.570. The number of nitrogens with one attached hydrogen (secondary N) is 2. The fraction of sp³-hybridized carbons (Fsp3) is 0.588. The molecule has 0 atom stereocenters. The van der Waals surface area contributed by atoms with Crippen LogP contribution in [-0.2, 0) is 15.9 Å². The Balaban J connectivity index is 0.00000529. The predicted molar refractivity (Wildman–Crippen MR) is 112 cm³/mol. The average Bonchev–Trinajstić information content (AvgIpc) is 2.57. The topological polar surface area (TPSA) is 54.9 Å². The third-order valence-electron chi connectivity index (χ3n) is 3.26. The Labute approximate surface area is 167 Å². The van der Waals surface area contributed by atoms with E-state index in [0.29, 0.717) is 13.2 Å². The number of aliphatic imine (C=N–C) groups is 1. The first-order chi connectivity index (χ1) is 11.3. The van der Waals surface area contributed by atoms with Crippen LogP contribution >= 0.6 is 35.6 Å². The molecule has 0 aliphatic carbocycles. The van der Waals surface area contributed by atoms with E-state index in [1.54, 1.807) is 14.2 Å². The third kappa shape index (κ3) is 11.9. The van der Waals surface area contributed by atoms with E-state index < -0.39 is 0 Å². The van der Waals surface area contributed by atoms with Crippen LogP contribution in [0.15, 0.2) is 29.3 Å². The molecule has 0 bridgehead atoms. The van der Waals surface area contributed by atoms with Crippen molar-refractivity contribution < 1.29 is 9.47 Å². The van der Waals surface area contributed by atoms with E-state index in [-0.39, 0.29) is 24.0 Å². The molecule has 0 saturated heterocycles. The van der Waals surface area contributed by atoms with Crippen molar-refractivity contribution in [1.82, 2.24) is 10.6 Å². The number of guanidine groups is 1. The predicted octanol–water partition coefficient (Wildman–Crippen LogP) is 3.11. The van der Waals surface area contributed by atoms with Gasteiger partial charge in [-0.25, -0.2) is 0 Å². The lowest BCUT2D eigenvalue weighted by Gasteiger charge is -2.12. The first-order valence-electron chi connectivity index (χ1n) is 8.02. The second-order valence-corrected chi connectivity index (χ2v) is 5.55. The lowest BCUT2D eigenvalue weighted by atomic mass is 10.1. The monoisotopic (exact) mass is 469 g/mol. The Morgan fingerprint density at radius 1 is 1.04 bits per heavy atom. The smallest absolute Gasteiger partial charge is 0.190 e. The Kier molecular flexibility index (Phi) is 15.6. The van der Waals surface area contributed by atoms with Crippen molar-refractivity contribution in [3.05, 3.63) is 34.9 Å². The van der Waals surface area contributed by atoms with Crippen molar-refractivity contribution in [2.45, 2.75) is 19.3 Å². The van der Waals surface area contributed by atoms with Gasteiger partial charge in [0.05, 0.1) is 13.2 Å². The number of nitrogens with zero attached hydrogens (tertiary/aromatic N) is 1. The molecule has 7 heteroatoms. The number of aryl methyl sites for hydroxylation is 1. The third-order valence-corrected chi connectivity index (χ3v) is 3.51. The Bertz CT molecular complexity index is 444. The lowest BCUT2D eigenvalue weighted by Crippen LogP contribution is -2.38. The van der Waals surface area contributed by atoms with Crippen molar-refractivity contribution in [2.24, 2.45) is 4.99 Å². The number of halogens is 2. The van der Waals surface area contributed by atoms with Crippen LogP contribution < -0.4 is 10.6 Å². The number of hydrogen-bond donors (Lipinski definition) is 2. The number of methoxy groups -OCH3 is 1. The maximum atomic E-state index is 5.88. The second kappa shape index (κ2) is 15.9. The van der Waals surface area contributed by atoms with Gasteiger partial charge in [0, 0.05) is 38.9 Å². The molecule has 1 rings (SSSR count). The van der Waals surface area contributed by atoms with Crippen LogP contribution in [0, 0.1) is 0 Å². The number of hydrogen-bond acceptors (Lipinski definition) is 3. The molecule has 0 aromatic heterocycles. The maximum Gasteiger partial charge on any atom is 0.190 e. The van der Waals surface area contributed by atoms with Crippen molar-refractivity contribution >= 4 is 41.5 Å². The maximum absolute atomic E-state index is 5.88. The summed E-state index contributed by atoms with van der Waals surface area (Å²) in [7, 11) is 3.46. The zero-order valence-electron chi connectivity index (χ0n) is 14.5. The quantitative estimate of drug-likeness (QED) is 0.226. The molecule has 0 aliphatic rings. The molecular formula is C17H29ClIN3O2. The highest BCUT2D eigenvalue weighted by Crippen LogP contribution is 2.10. The van der Waals surface area contributed by atoms with Gasteiger partial charge in [0.2, 0.25) is 0 Å². The molecule has 0 unspecified atom stereocenters. The van der Waals surface area contributed by atoms with Gasteiger partial charge in [-0.05, 0) is 37.0 Å². The molecule has 2 N–H and O–H groups in total. The second-order valence-electron chi connectivity index (χ2n) is 5.11. The molecule has 0 amide bonds. The summed E-state index contributed by atoms with van der Waals surface area (Å²) >= 11 is 5.88. The van der Waals surface area contributed by atoms with Gasteiger partial charge in [-0.2, -0.15) is 0 Å². The Morgan fingerprint density at radius 3 is 2.33 bits per heavy atom. The van der Waals surface area contributed by atoms with Crippen LogP contribution in [0.1, 0.15) is 18.4 Å². The van der Waals surface area contributed by atoms with E-state index in [9.17, 15) is 0 Å². The molecule has 0 spiro atoms. The van der Waals surface area contributed by atoms with Crippen molar-refractivity contribution in [3.8, 4) is 0 Å². The standard InChI is InChI=1S/C17H28ClN3O2.HI/c1-19-17(21-11-4-12-23-14-13-22-2)20-10-3-5-15-6-8-16(18)9-7-15;/h6-9H,3-5,10-14H2,1-2H3,(H2,19,20,21);1H.